The molecule has 1 aromatic rings. The largest absolute Gasteiger partial charge is 0.319 e. The number of hydrogen-bond donors (Lipinski definition) is 1. The molecule has 0 aliphatic heterocycles. The molecule has 0 atom stereocenters. The smallest absolute Gasteiger partial charge is 0.0443 e. The second-order valence-electron chi connectivity index (χ2n) is 3.98. The minimum Gasteiger partial charge on any atom is -0.319 e. The van der Waals surface area contributed by atoms with Gasteiger partial charge in [-0.2, -0.15) is 0 Å². The first-order valence-electron chi connectivity index (χ1n) is 5.24. The van der Waals surface area contributed by atoms with Crippen LogP contribution < -0.4 is 5.32 Å². The zero-order valence-electron chi connectivity index (χ0n) is 8.52. The van der Waals surface area contributed by atoms with Crippen molar-refractivity contribution < 1.29 is 0 Å². The zero-order chi connectivity index (χ0) is 9.97. The molecule has 0 bridgehead atoms. The lowest BCUT2D eigenvalue weighted by Crippen LogP contribution is -2.10. The third kappa shape index (κ3) is 2.28. The molecular weight excluding hydrogens is 194 g/mol. The summed E-state index contributed by atoms with van der Waals surface area (Å²) in [6, 6.07) is 6.52. The van der Waals surface area contributed by atoms with Crippen molar-refractivity contribution in [1.82, 2.24) is 5.32 Å². The number of benzene rings is 1. The average molecular weight is 210 g/mol. The highest BCUT2D eigenvalue weighted by Gasteiger charge is 2.25. The fourth-order valence-electron chi connectivity index (χ4n) is 1.72. The molecule has 1 N–H and O–H groups in total. The Morgan fingerprint density at radius 1 is 1.43 bits per heavy atom. The van der Waals surface area contributed by atoms with Gasteiger partial charge in [0.05, 0.1) is 0 Å². The maximum Gasteiger partial charge on any atom is 0.0443 e. The van der Waals surface area contributed by atoms with Crippen LogP contribution in [0.1, 0.15) is 29.9 Å². The van der Waals surface area contributed by atoms with Crippen LogP contribution in [-0.2, 0) is 6.42 Å². The van der Waals surface area contributed by atoms with Crippen LogP contribution in [0.2, 0.25) is 5.02 Å². The van der Waals surface area contributed by atoms with Gasteiger partial charge in [-0.15, -0.1) is 0 Å². The maximum absolute atomic E-state index is 6.22. The Labute approximate surface area is 90.5 Å². The highest BCUT2D eigenvalue weighted by Crippen LogP contribution is 2.43. The third-order valence-electron chi connectivity index (χ3n) is 2.75. The van der Waals surface area contributed by atoms with Crippen molar-refractivity contribution in [3.63, 3.8) is 0 Å². The molecule has 0 radical (unpaired) electrons. The van der Waals surface area contributed by atoms with Crippen molar-refractivity contribution in [2.75, 3.05) is 13.6 Å². The van der Waals surface area contributed by atoms with E-state index in [-0.39, 0.29) is 0 Å². The Kier molecular flexibility index (Phi) is 3.09. The predicted octanol–water partition coefficient (Wildman–Crippen LogP) is 2.98. The van der Waals surface area contributed by atoms with E-state index in [2.05, 4.69) is 23.5 Å². The molecule has 0 saturated heterocycles. The fourth-order valence-corrected chi connectivity index (χ4v) is 2.08. The average Bonchev–Trinajstić information content (AvgIpc) is 2.98. The van der Waals surface area contributed by atoms with Gasteiger partial charge >= 0.3 is 0 Å². The summed E-state index contributed by atoms with van der Waals surface area (Å²) in [6.45, 7) is 1.01. The van der Waals surface area contributed by atoms with E-state index in [1.807, 2.05) is 7.05 Å². The van der Waals surface area contributed by atoms with E-state index in [1.54, 1.807) is 0 Å². The Hall–Kier alpha value is -0.530. The van der Waals surface area contributed by atoms with Crippen LogP contribution in [0.25, 0.3) is 0 Å². The van der Waals surface area contributed by atoms with E-state index in [4.69, 9.17) is 11.6 Å². The summed E-state index contributed by atoms with van der Waals surface area (Å²) in [5.41, 5.74) is 2.67. The number of nitrogens with one attached hydrogen (secondary N) is 1. The molecule has 1 nitrogen and oxygen atoms in total. The van der Waals surface area contributed by atoms with Crippen LogP contribution in [-0.4, -0.2) is 13.6 Å². The van der Waals surface area contributed by atoms with Gasteiger partial charge < -0.3 is 5.32 Å². The first kappa shape index (κ1) is 10.0. The van der Waals surface area contributed by atoms with E-state index in [1.165, 1.54) is 24.0 Å². The van der Waals surface area contributed by atoms with Crippen LogP contribution >= 0.6 is 11.6 Å². The lowest BCUT2D eigenvalue weighted by Gasteiger charge is -2.05. The number of likely N-dealkylation sites (N-methyl/N-ethyl adjacent to an activating group) is 1. The molecule has 14 heavy (non-hydrogen) atoms. The summed E-state index contributed by atoms with van der Waals surface area (Å²) in [5, 5.41) is 4.10. The van der Waals surface area contributed by atoms with Gasteiger partial charge in [0.1, 0.15) is 0 Å². The quantitative estimate of drug-likeness (QED) is 0.804. The molecule has 2 rings (SSSR count). The molecule has 0 unspecified atom stereocenters. The molecule has 0 aromatic heterocycles. The molecule has 1 aliphatic rings. The van der Waals surface area contributed by atoms with Gasteiger partial charge in [0.15, 0.2) is 0 Å². The Bertz CT molecular complexity index is 318. The van der Waals surface area contributed by atoms with Crippen molar-refractivity contribution in [2.45, 2.75) is 25.2 Å². The van der Waals surface area contributed by atoms with Crippen LogP contribution in [0.3, 0.4) is 0 Å². The van der Waals surface area contributed by atoms with Gasteiger partial charge in [0, 0.05) is 5.02 Å². The third-order valence-corrected chi connectivity index (χ3v) is 3.07. The standard InChI is InChI=1S/C12H16ClN/c1-14-7-6-9-2-5-11(10-3-4-10)12(13)8-9/h2,5,8,10,14H,3-4,6-7H2,1H3. The summed E-state index contributed by atoms with van der Waals surface area (Å²) in [7, 11) is 1.97. The highest BCUT2D eigenvalue weighted by atomic mass is 35.5. The van der Waals surface area contributed by atoms with E-state index < -0.39 is 0 Å². The van der Waals surface area contributed by atoms with Crippen molar-refractivity contribution in [3.8, 4) is 0 Å². The number of hydrogen-bond acceptors (Lipinski definition) is 1. The molecule has 76 valence electrons. The van der Waals surface area contributed by atoms with Gasteiger partial charge in [0.2, 0.25) is 0 Å². The summed E-state index contributed by atoms with van der Waals surface area (Å²) in [5.74, 6) is 0.751. The SMILES string of the molecule is CNCCc1ccc(C2CC2)c(Cl)c1. The summed E-state index contributed by atoms with van der Waals surface area (Å²) in [4.78, 5) is 0. The molecular formula is C12H16ClN. The van der Waals surface area contributed by atoms with Crippen LogP contribution in [0.5, 0.6) is 0 Å². The molecule has 0 spiro atoms. The van der Waals surface area contributed by atoms with Crippen molar-refractivity contribution in [1.29, 1.82) is 0 Å². The first-order valence-corrected chi connectivity index (χ1v) is 5.62. The van der Waals surface area contributed by atoms with E-state index in [0.717, 1.165) is 23.9 Å². The second-order valence-corrected chi connectivity index (χ2v) is 4.39. The van der Waals surface area contributed by atoms with Gasteiger partial charge in [-0.05, 0) is 56.0 Å². The van der Waals surface area contributed by atoms with Crippen molar-refractivity contribution in [3.05, 3.63) is 34.3 Å². The minimum atomic E-state index is 0.751. The predicted molar refractivity (Wildman–Crippen MR) is 61.1 cm³/mol. The lowest BCUT2D eigenvalue weighted by molar-refractivity contribution is 0.791. The van der Waals surface area contributed by atoms with Crippen LogP contribution in [0, 0.1) is 0 Å². The topological polar surface area (TPSA) is 12.0 Å². The Morgan fingerprint density at radius 3 is 2.79 bits per heavy atom. The lowest BCUT2D eigenvalue weighted by atomic mass is 10.1. The monoisotopic (exact) mass is 209 g/mol. The molecule has 0 heterocycles. The Balaban J connectivity index is 2.09. The number of halogens is 1. The fraction of sp³-hybridized carbons (Fsp3) is 0.500. The Morgan fingerprint density at radius 2 is 2.21 bits per heavy atom. The summed E-state index contributed by atoms with van der Waals surface area (Å²) >= 11 is 6.22. The van der Waals surface area contributed by atoms with Crippen molar-refractivity contribution in [2.24, 2.45) is 0 Å². The maximum atomic E-state index is 6.22. The second kappa shape index (κ2) is 4.33. The van der Waals surface area contributed by atoms with Gasteiger partial charge in [-0.3, -0.25) is 0 Å². The molecule has 1 fully saturated rings. The van der Waals surface area contributed by atoms with Crippen LogP contribution in [0.4, 0.5) is 0 Å². The number of rotatable bonds is 4. The summed E-state index contributed by atoms with van der Waals surface area (Å²) < 4.78 is 0. The van der Waals surface area contributed by atoms with Gasteiger partial charge in [-0.25, -0.2) is 0 Å². The van der Waals surface area contributed by atoms with Crippen LogP contribution in [0.15, 0.2) is 18.2 Å². The normalized spacial score (nSPS) is 15.9. The first-order chi connectivity index (χ1) is 6.81. The highest BCUT2D eigenvalue weighted by molar-refractivity contribution is 6.31. The van der Waals surface area contributed by atoms with Gasteiger partial charge in [0.25, 0.3) is 0 Å². The van der Waals surface area contributed by atoms with Gasteiger partial charge in [-0.1, -0.05) is 23.7 Å². The van der Waals surface area contributed by atoms with E-state index in [9.17, 15) is 0 Å². The van der Waals surface area contributed by atoms with E-state index >= 15 is 0 Å². The minimum absolute atomic E-state index is 0.751. The summed E-state index contributed by atoms with van der Waals surface area (Å²) in [6.07, 6.45) is 3.69. The molecule has 2 heteroatoms. The van der Waals surface area contributed by atoms with E-state index in [0.29, 0.717) is 0 Å². The molecule has 1 aliphatic carbocycles. The van der Waals surface area contributed by atoms with Crippen molar-refractivity contribution >= 4 is 11.6 Å². The molecule has 1 saturated carbocycles. The zero-order valence-corrected chi connectivity index (χ0v) is 9.27. The molecule has 1 aromatic carbocycles. The molecule has 0 amide bonds.